The molecular weight excluding hydrogens is 232 g/mol. The third kappa shape index (κ3) is 2.58. The molecule has 0 saturated heterocycles. The highest BCUT2D eigenvalue weighted by Crippen LogP contribution is 2.30. The standard InChI is InChI=1S/C13H12N2O3/c1-13(2,3)12(17)18-11-5-4-10(16)8(6-14)9(11)7-15/h4-5,16H,1-3H3. The Hall–Kier alpha value is -2.53. The summed E-state index contributed by atoms with van der Waals surface area (Å²) in [6.45, 7) is 5.02. The predicted molar refractivity (Wildman–Crippen MR) is 62.6 cm³/mol. The minimum Gasteiger partial charge on any atom is -0.507 e. The lowest BCUT2D eigenvalue weighted by Crippen LogP contribution is -2.25. The Labute approximate surface area is 105 Å². The van der Waals surface area contributed by atoms with Crippen LogP contribution in [0.2, 0.25) is 0 Å². The number of nitriles is 2. The van der Waals surface area contributed by atoms with Gasteiger partial charge in [-0.25, -0.2) is 0 Å². The molecule has 0 amide bonds. The number of phenolic OH excluding ortho intramolecular Hbond substituents is 1. The fourth-order valence-corrected chi connectivity index (χ4v) is 1.13. The maximum atomic E-state index is 11.7. The van der Waals surface area contributed by atoms with E-state index in [9.17, 15) is 9.90 Å². The third-order valence-corrected chi connectivity index (χ3v) is 2.18. The van der Waals surface area contributed by atoms with Gasteiger partial charge in [-0.1, -0.05) is 0 Å². The van der Waals surface area contributed by atoms with Gasteiger partial charge in [-0.3, -0.25) is 4.79 Å². The van der Waals surface area contributed by atoms with Crippen LogP contribution in [0.1, 0.15) is 31.9 Å². The van der Waals surface area contributed by atoms with Crippen molar-refractivity contribution < 1.29 is 14.6 Å². The molecule has 1 N–H and O–H groups in total. The maximum Gasteiger partial charge on any atom is 0.316 e. The highest BCUT2D eigenvalue weighted by atomic mass is 16.5. The summed E-state index contributed by atoms with van der Waals surface area (Å²) in [5.74, 6) is -0.857. The number of carbonyl (C=O) groups excluding carboxylic acids is 1. The summed E-state index contributed by atoms with van der Waals surface area (Å²) < 4.78 is 5.07. The quantitative estimate of drug-likeness (QED) is 0.603. The van der Waals surface area contributed by atoms with E-state index in [0.717, 1.165) is 0 Å². The summed E-state index contributed by atoms with van der Waals surface area (Å²) in [6.07, 6.45) is 0. The number of aromatic hydroxyl groups is 1. The van der Waals surface area contributed by atoms with Gasteiger partial charge < -0.3 is 9.84 Å². The van der Waals surface area contributed by atoms with Crippen LogP contribution in [0, 0.1) is 28.1 Å². The van der Waals surface area contributed by atoms with Crippen molar-refractivity contribution in [2.45, 2.75) is 20.8 Å². The van der Waals surface area contributed by atoms with Gasteiger partial charge in [-0.2, -0.15) is 10.5 Å². The molecule has 1 rings (SSSR count). The predicted octanol–water partition coefficient (Wildman–Crippen LogP) is 2.09. The first-order chi connectivity index (χ1) is 8.31. The molecule has 92 valence electrons. The van der Waals surface area contributed by atoms with E-state index < -0.39 is 11.4 Å². The average molecular weight is 244 g/mol. The summed E-state index contributed by atoms with van der Waals surface area (Å²) in [6, 6.07) is 5.96. The first kappa shape index (κ1) is 13.5. The number of hydrogen-bond donors (Lipinski definition) is 1. The lowest BCUT2D eigenvalue weighted by molar-refractivity contribution is -0.143. The smallest absolute Gasteiger partial charge is 0.316 e. The van der Waals surface area contributed by atoms with Crippen molar-refractivity contribution in [1.82, 2.24) is 0 Å². The SMILES string of the molecule is CC(C)(C)C(=O)Oc1ccc(O)c(C#N)c1C#N. The van der Waals surface area contributed by atoms with Crippen LogP contribution in [0.3, 0.4) is 0 Å². The van der Waals surface area contributed by atoms with Crippen molar-refractivity contribution in [3.8, 4) is 23.6 Å². The topological polar surface area (TPSA) is 94.1 Å². The van der Waals surface area contributed by atoms with Crippen LogP contribution in [-0.2, 0) is 4.79 Å². The molecule has 5 nitrogen and oxygen atoms in total. The van der Waals surface area contributed by atoms with Gasteiger partial charge in [-0.05, 0) is 32.9 Å². The van der Waals surface area contributed by atoms with E-state index >= 15 is 0 Å². The zero-order valence-electron chi connectivity index (χ0n) is 10.3. The van der Waals surface area contributed by atoms with E-state index in [-0.39, 0.29) is 22.6 Å². The highest BCUT2D eigenvalue weighted by Gasteiger charge is 2.25. The van der Waals surface area contributed by atoms with E-state index in [1.54, 1.807) is 32.9 Å². The molecule has 0 aliphatic rings. The molecule has 0 heterocycles. The first-order valence-electron chi connectivity index (χ1n) is 5.19. The molecule has 1 aromatic carbocycles. The van der Waals surface area contributed by atoms with Gasteiger partial charge in [-0.15, -0.1) is 0 Å². The van der Waals surface area contributed by atoms with Gasteiger partial charge >= 0.3 is 5.97 Å². The second-order valence-corrected chi connectivity index (χ2v) is 4.70. The summed E-state index contributed by atoms with van der Waals surface area (Å²) in [5, 5.41) is 27.2. The van der Waals surface area contributed by atoms with E-state index in [4.69, 9.17) is 15.3 Å². The van der Waals surface area contributed by atoms with Crippen molar-refractivity contribution >= 4 is 5.97 Å². The van der Waals surface area contributed by atoms with Gasteiger partial charge in [0, 0.05) is 0 Å². The zero-order valence-corrected chi connectivity index (χ0v) is 10.3. The lowest BCUT2D eigenvalue weighted by Gasteiger charge is -2.17. The van der Waals surface area contributed by atoms with Gasteiger partial charge in [0.2, 0.25) is 0 Å². The van der Waals surface area contributed by atoms with Crippen LogP contribution < -0.4 is 4.74 Å². The molecule has 0 spiro atoms. The van der Waals surface area contributed by atoms with Gasteiger partial charge in [0.25, 0.3) is 0 Å². The number of carbonyl (C=O) groups is 1. The minimum atomic E-state index is -0.725. The second kappa shape index (κ2) is 4.77. The molecule has 1 aromatic rings. The van der Waals surface area contributed by atoms with E-state index in [0.29, 0.717) is 0 Å². The highest BCUT2D eigenvalue weighted by molar-refractivity contribution is 5.79. The molecule has 0 radical (unpaired) electrons. The third-order valence-electron chi connectivity index (χ3n) is 2.18. The second-order valence-electron chi connectivity index (χ2n) is 4.70. The average Bonchev–Trinajstić information content (AvgIpc) is 2.29. The summed E-state index contributed by atoms with van der Waals surface area (Å²) >= 11 is 0. The van der Waals surface area contributed by atoms with E-state index in [1.807, 2.05) is 0 Å². The Morgan fingerprint density at radius 3 is 2.22 bits per heavy atom. The number of hydrogen-bond acceptors (Lipinski definition) is 5. The number of ether oxygens (including phenoxy) is 1. The number of rotatable bonds is 1. The number of benzene rings is 1. The van der Waals surface area contributed by atoms with Crippen molar-refractivity contribution in [3.05, 3.63) is 23.3 Å². The molecule has 5 heteroatoms. The van der Waals surface area contributed by atoms with Crippen molar-refractivity contribution in [2.24, 2.45) is 5.41 Å². The van der Waals surface area contributed by atoms with Crippen LogP contribution in [0.15, 0.2) is 12.1 Å². The van der Waals surface area contributed by atoms with Gasteiger partial charge in [0.15, 0.2) is 0 Å². The van der Waals surface area contributed by atoms with Crippen LogP contribution >= 0.6 is 0 Å². The summed E-state index contributed by atoms with van der Waals surface area (Å²) in [4.78, 5) is 11.7. The molecular formula is C13H12N2O3. The van der Waals surface area contributed by atoms with Crippen molar-refractivity contribution in [1.29, 1.82) is 10.5 Å². The van der Waals surface area contributed by atoms with E-state index in [2.05, 4.69) is 0 Å². The molecule has 18 heavy (non-hydrogen) atoms. The van der Waals surface area contributed by atoms with Gasteiger partial charge in [0.05, 0.1) is 5.41 Å². The van der Waals surface area contributed by atoms with Crippen molar-refractivity contribution in [3.63, 3.8) is 0 Å². The maximum absolute atomic E-state index is 11.7. The molecule has 0 unspecified atom stereocenters. The van der Waals surface area contributed by atoms with Gasteiger partial charge in [0.1, 0.15) is 34.8 Å². The monoisotopic (exact) mass is 244 g/mol. The molecule has 0 saturated carbocycles. The lowest BCUT2D eigenvalue weighted by atomic mass is 9.97. The first-order valence-corrected chi connectivity index (χ1v) is 5.19. The normalized spacial score (nSPS) is 10.3. The Morgan fingerprint density at radius 1 is 1.22 bits per heavy atom. The van der Waals surface area contributed by atoms with Crippen LogP contribution in [0.5, 0.6) is 11.5 Å². The molecule has 0 aliphatic carbocycles. The zero-order chi connectivity index (χ0) is 13.9. The number of phenols is 1. The Kier molecular flexibility index (Phi) is 3.58. The molecule has 0 aliphatic heterocycles. The number of esters is 1. The van der Waals surface area contributed by atoms with Crippen LogP contribution in [0.25, 0.3) is 0 Å². The molecule has 0 bridgehead atoms. The fourth-order valence-electron chi connectivity index (χ4n) is 1.13. The van der Waals surface area contributed by atoms with E-state index in [1.165, 1.54) is 12.1 Å². The van der Waals surface area contributed by atoms with Crippen molar-refractivity contribution in [2.75, 3.05) is 0 Å². The summed E-state index contributed by atoms with van der Waals surface area (Å²) in [5.41, 5.74) is -1.07. The summed E-state index contributed by atoms with van der Waals surface area (Å²) in [7, 11) is 0. The van der Waals surface area contributed by atoms with Crippen LogP contribution in [-0.4, -0.2) is 11.1 Å². The number of nitrogens with zero attached hydrogens (tertiary/aromatic N) is 2. The molecule has 0 aromatic heterocycles. The fraction of sp³-hybridized carbons (Fsp3) is 0.308. The molecule has 0 atom stereocenters. The van der Waals surface area contributed by atoms with Crippen LogP contribution in [0.4, 0.5) is 0 Å². The minimum absolute atomic E-state index is 0.0215. The Bertz CT molecular complexity index is 572. The Morgan fingerprint density at radius 2 is 1.78 bits per heavy atom. The largest absolute Gasteiger partial charge is 0.507 e. The Balaban J connectivity index is 3.25. The molecule has 0 fully saturated rings.